The maximum Gasteiger partial charge on any atom is 0.194 e. The summed E-state index contributed by atoms with van der Waals surface area (Å²) in [5.41, 5.74) is 2.46. The third-order valence-electron chi connectivity index (χ3n) is 5.18. The van der Waals surface area contributed by atoms with Gasteiger partial charge >= 0.3 is 0 Å². The topological polar surface area (TPSA) is 49.3 Å². The van der Waals surface area contributed by atoms with Crippen molar-refractivity contribution in [2.24, 2.45) is 4.99 Å². The van der Waals surface area contributed by atoms with Crippen molar-refractivity contribution in [2.45, 2.75) is 33.2 Å². The summed E-state index contributed by atoms with van der Waals surface area (Å²) in [6.07, 6.45) is 1.20. The van der Waals surface area contributed by atoms with Crippen LogP contribution in [0.25, 0.3) is 0 Å². The van der Waals surface area contributed by atoms with Gasteiger partial charge in [-0.1, -0.05) is 6.07 Å². The Labute approximate surface area is 186 Å². The number of hydrogen-bond donors (Lipinski definition) is 1. The van der Waals surface area contributed by atoms with Crippen LogP contribution in [-0.2, 0) is 4.74 Å². The summed E-state index contributed by atoms with van der Waals surface area (Å²) in [5.74, 6) is 1.94. The summed E-state index contributed by atoms with van der Waals surface area (Å²) in [4.78, 5) is 9.75. The average molecular weight is 502 g/mol. The molecule has 2 fully saturated rings. The molecule has 1 aromatic carbocycles. The Morgan fingerprint density at radius 1 is 1.18 bits per heavy atom. The third-order valence-corrected chi connectivity index (χ3v) is 5.18. The highest BCUT2D eigenvalue weighted by Gasteiger charge is 2.30. The molecule has 0 amide bonds. The first-order valence-electron chi connectivity index (χ1n) is 10.2. The van der Waals surface area contributed by atoms with E-state index in [0.717, 1.165) is 57.6 Å². The molecule has 1 N–H and O–H groups in total. The van der Waals surface area contributed by atoms with E-state index in [2.05, 4.69) is 54.1 Å². The van der Waals surface area contributed by atoms with Gasteiger partial charge in [0.1, 0.15) is 12.4 Å². The molecule has 7 heteroatoms. The molecule has 0 aliphatic carbocycles. The Bertz CT molecular complexity index is 615. The highest BCUT2D eigenvalue weighted by atomic mass is 127. The molecule has 2 aliphatic heterocycles. The fourth-order valence-corrected chi connectivity index (χ4v) is 3.93. The van der Waals surface area contributed by atoms with E-state index in [4.69, 9.17) is 14.5 Å². The smallest absolute Gasteiger partial charge is 0.194 e. The van der Waals surface area contributed by atoms with Crippen molar-refractivity contribution in [1.29, 1.82) is 0 Å². The highest BCUT2D eigenvalue weighted by molar-refractivity contribution is 14.0. The maximum absolute atomic E-state index is 5.90. The quantitative estimate of drug-likeness (QED) is 0.281. The van der Waals surface area contributed by atoms with E-state index < -0.39 is 0 Å². The second kappa shape index (κ2) is 11.8. The molecule has 0 bridgehead atoms. The fraction of sp³-hybridized carbons (Fsp3) is 0.667. The number of aryl methyl sites for hydroxylation is 2. The zero-order valence-electron chi connectivity index (χ0n) is 17.4. The van der Waals surface area contributed by atoms with Crippen LogP contribution < -0.4 is 10.1 Å². The van der Waals surface area contributed by atoms with Crippen LogP contribution in [0.15, 0.2) is 23.2 Å². The molecule has 28 heavy (non-hydrogen) atoms. The van der Waals surface area contributed by atoms with Crippen molar-refractivity contribution in [3.8, 4) is 5.75 Å². The monoisotopic (exact) mass is 502 g/mol. The van der Waals surface area contributed by atoms with Crippen molar-refractivity contribution in [3.05, 3.63) is 29.3 Å². The molecular formula is C21H35IN4O2. The Morgan fingerprint density at radius 2 is 1.89 bits per heavy atom. The number of rotatable bonds is 6. The Hall–Kier alpha value is -1.06. The highest BCUT2D eigenvalue weighted by Crippen LogP contribution is 2.18. The van der Waals surface area contributed by atoms with Gasteiger partial charge in [-0.2, -0.15) is 0 Å². The Morgan fingerprint density at radius 3 is 2.57 bits per heavy atom. The second-order valence-electron chi connectivity index (χ2n) is 7.44. The molecule has 0 saturated carbocycles. The van der Waals surface area contributed by atoms with E-state index in [1.54, 1.807) is 0 Å². The summed E-state index contributed by atoms with van der Waals surface area (Å²) < 4.78 is 11.4. The number of guanidine groups is 1. The van der Waals surface area contributed by atoms with Crippen LogP contribution in [0.4, 0.5) is 0 Å². The van der Waals surface area contributed by atoms with Crippen molar-refractivity contribution in [3.63, 3.8) is 0 Å². The van der Waals surface area contributed by atoms with Crippen LogP contribution in [0, 0.1) is 13.8 Å². The normalized spacial score (nSPS) is 20.8. The van der Waals surface area contributed by atoms with Gasteiger partial charge in [0.25, 0.3) is 0 Å². The van der Waals surface area contributed by atoms with Gasteiger partial charge in [-0.3, -0.25) is 4.90 Å². The minimum absolute atomic E-state index is 0. The van der Waals surface area contributed by atoms with Crippen LogP contribution >= 0.6 is 24.0 Å². The van der Waals surface area contributed by atoms with E-state index in [-0.39, 0.29) is 24.0 Å². The molecule has 2 aliphatic rings. The van der Waals surface area contributed by atoms with Crippen molar-refractivity contribution in [1.82, 2.24) is 15.1 Å². The summed E-state index contributed by atoms with van der Waals surface area (Å²) in [7, 11) is 0. The number of nitrogens with one attached hydrogen (secondary N) is 1. The first-order valence-corrected chi connectivity index (χ1v) is 10.2. The summed E-state index contributed by atoms with van der Waals surface area (Å²) in [5, 5.41) is 3.44. The van der Waals surface area contributed by atoms with Gasteiger partial charge in [0.15, 0.2) is 5.96 Å². The first kappa shape index (κ1) is 23.2. The van der Waals surface area contributed by atoms with Crippen LogP contribution in [0.3, 0.4) is 0 Å². The molecule has 1 unspecified atom stereocenters. The maximum atomic E-state index is 5.90. The van der Waals surface area contributed by atoms with Gasteiger partial charge in [-0.15, -0.1) is 24.0 Å². The number of hydrogen-bond acceptors (Lipinski definition) is 4. The van der Waals surface area contributed by atoms with Crippen LogP contribution in [0.2, 0.25) is 0 Å². The van der Waals surface area contributed by atoms with Crippen LogP contribution in [0.1, 0.15) is 24.5 Å². The van der Waals surface area contributed by atoms with Gasteiger partial charge in [-0.05, 0) is 50.5 Å². The number of halogens is 1. The number of nitrogens with zero attached hydrogens (tertiary/aromatic N) is 3. The zero-order chi connectivity index (χ0) is 19.1. The standard InChI is InChI=1S/C21H34N4O2.HI/c1-4-22-21(23-6-10-27-20-14-17(2)13-18(3)15-20)25-7-5-19(16-25)24-8-11-26-12-9-24;/h13-15,19H,4-12,16H2,1-3H3,(H,22,23);1H. The zero-order valence-corrected chi connectivity index (χ0v) is 19.8. The number of ether oxygens (including phenoxy) is 2. The molecule has 2 saturated heterocycles. The molecule has 6 nitrogen and oxygen atoms in total. The molecule has 3 rings (SSSR count). The first-order chi connectivity index (χ1) is 13.2. The molecule has 1 aromatic rings. The lowest BCUT2D eigenvalue weighted by atomic mass is 10.1. The van der Waals surface area contributed by atoms with Crippen LogP contribution in [0.5, 0.6) is 5.75 Å². The van der Waals surface area contributed by atoms with E-state index in [1.165, 1.54) is 17.5 Å². The molecule has 158 valence electrons. The average Bonchev–Trinajstić information content (AvgIpc) is 3.14. The SMILES string of the molecule is CCNC(=NCCOc1cc(C)cc(C)c1)N1CCC(N2CCOCC2)C1.I. The van der Waals surface area contributed by atoms with Gasteiger partial charge < -0.3 is 19.7 Å². The lowest BCUT2D eigenvalue weighted by Crippen LogP contribution is -2.46. The van der Waals surface area contributed by atoms with Crippen molar-refractivity contribution in [2.75, 3.05) is 59.1 Å². The third kappa shape index (κ3) is 6.77. The van der Waals surface area contributed by atoms with E-state index in [9.17, 15) is 0 Å². The number of likely N-dealkylation sites (tertiary alicyclic amines) is 1. The molecule has 2 heterocycles. The van der Waals surface area contributed by atoms with E-state index >= 15 is 0 Å². The number of benzene rings is 1. The van der Waals surface area contributed by atoms with E-state index in [0.29, 0.717) is 19.2 Å². The Balaban J connectivity index is 0.00000280. The minimum Gasteiger partial charge on any atom is -0.492 e. The Kier molecular flexibility index (Phi) is 9.81. The summed E-state index contributed by atoms with van der Waals surface area (Å²) >= 11 is 0. The lowest BCUT2D eigenvalue weighted by Gasteiger charge is -2.32. The summed E-state index contributed by atoms with van der Waals surface area (Å²) in [6.45, 7) is 14.4. The molecular weight excluding hydrogens is 467 g/mol. The molecule has 0 aromatic heterocycles. The predicted octanol–water partition coefficient (Wildman–Crippen LogP) is 2.67. The van der Waals surface area contributed by atoms with Gasteiger partial charge in [-0.25, -0.2) is 4.99 Å². The fourth-order valence-electron chi connectivity index (χ4n) is 3.93. The number of morpholine rings is 1. The minimum atomic E-state index is 0. The van der Waals surface area contributed by atoms with Crippen molar-refractivity contribution >= 4 is 29.9 Å². The molecule has 0 radical (unpaired) electrons. The number of aliphatic imine (C=N–C) groups is 1. The molecule has 1 atom stereocenters. The van der Waals surface area contributed by atoms with Gasteiger partial charge in [0.2, 0.25) is 0 Å². The van der Waals surface area contributed by atoms with Gasteiger partial charge in [0, 0.05) is 38.8 Å². The van der Waals surface area contributed by atoms with Crippen molar-refractivity contribution < 1.29 is 9.47 Å². The second-order valence-corrected chi connectivity index (χ2v) is 7.44. The van der Waals surface area contributed by atoms with E-state index in [1.807, 2.05) is 0 Å². The predicted molar refractivity (Wildman–Crippen MR) is 125 cm³/mol. The van der Waals surface area contributed by atoms with Crippen LogP contribution in [-0.4, -0.2) is 80.9 Å². The lowest BCUT2D eigenvalue weighted by molar-refractivity contribution is 0.0195. The summed E-state index contributed by atoms with van der Waals surface area (Å²) in [6, 6.07) is 6.93. The van der Waals surface area contributed by atoms with Gasteiger partial charge in [0.05, 0.1) is 19.8 Å². The largest absolute Gasteiger partial charge is 0.492 e. The molecule has 0 spiro atoms.